The van der Waals surface area contributed by atoms with Crippen LogP contribution in [-0.2, 0) is 9.53 Å². The first kappa shape index (κ1) is 23.7. The lowest BCUT2D eigenvalue weighted by molar-refractivity contribution is -0.119. The van der Waals surface area contributed by atoms with Gasteiger partial charge in [0.15, 0.2) is 11.6 Å². The molecule has 1 heterocycles. The fourth-order valence-electron chi connectivity index (χ4n) is 2.57. The third-order valence-electron chi connectivity index (χ3n) is 4.28. The third-order valence-corrected chi connectivity index (χ3v) is 4.28. The van der Waals surface area contributed by atoms with Crippen molar-refractivity contribution in [2.45, 2.75) is 33.1 Å². The number of pyridine rings is 1. The molecule has 2 rings (SSSR count). The summed E-state index contributed by atoms with van der Waals surface area (Å²) in [6.07, 6.45) is 1.69. The van der Waals surface area contributed by atoms with Gasteiger partial charge in [-0.1, -0.05) is 25.5 Å². The molecular weight excluding hydrogens is 400 g/mol. The van der Waals surface area contributed by atoms with Gasteiger partial charge in [0.05, 0.1) is 6.61 Å². The van der Waals surface area contributed by atoms with E-state index in [1.54, 1.807) is 43.3 Å². The van der Waals surface area contributed by atoms with Gasteiger partial charge in [-0.05, 0) is 50.6 Å². The quantitative estimate of drug-likeness (QED) is 0.220. The van der Waals surface area contributed by atoms with Gasteiger partial charge < -0.3 is 26.3 Å². The van der Waals surface area contributed by atoms with E-state index in [0.717, 1.165) is 19.3 Å². The van der Waals surface area contributed by atoms with Crippen molar-refractivity contribution in [2.24, 2.45) is 21.9 Å². The molecule has 0 saturated heterocycles. The molecule has 166 valence electrons. The highest BCUT2D eigenvalue weighted by molar-refractivity contribution is 5.91. The Morgan fingerprint density at radius 2 is 1.87 bits per heavy atom. The summed E-state index contributed by atoms with van der Waals surface area (Å²) in [6, 6.07) is 9.80. The van der Waals surface area contributed by atoms with Gasteiger partial charge in [0, 0.05) is 5.92 Å². The maximum atomic E-state index is 12.3. The van der Waals surface area contributed by atoms with Crippen LogP contribution in [0.25, 0.3) is 0 Å². The minimum absolute atomic E-state index is 0.0983. The number of ether oxygens (including phenoxy) is 2. The highest BCUT2D eigenvalue weighted by atomic mass is 16.7. The number of benzene rings is 1. The van der Waals surface area contributed by atoms with Crippen molar-refractivity contribution < 1.29 is 19.1 Å². The summed E-state index contributed by atoms with van der Waals surface area (Å²) in [5, 5.41) is 10.9. The van der Waals surface area contributed by atoms with Gasteiger partial charge in [-0.25, -0.2) is 9.78 Å². The lowest BCUT2D eigenvalue weighted by Gasteiger charge is -2.12. The van der Waals surface area contributed by atoms with Crippen molar-refractivity contribution in [2.75, 3.05) is 24.2 Å². The number of anilines is 2. The van der Waals surface area contributed by atoms with E-state index in [-0.39, 0.29) is 30.0 Å². The molecule has 10 heteroatoms. The second kappa shape index (κ2) is 12.2. The van der Waals surface area contributed by atoms with E-state index >= 15 is 0 Å². The van der Waals surface area contributed by atoms with Gasteiger partial charge in [-0.3, -0.25) is 4.79 Å². The first-order valence-electron chi connectivity index (χ1n) is 10.1. The van der Waals surface area contributed by atoms with Gasteiger partial charge in [0.1, 0.15) is 17.2 Å². The van der Waals surface area contributed by atoms with Crippen LogP contribution in [0.5, 0.6) is 5.75 Å². The number of rotatable bonds is 10. The Hall–Kier alpha value is -3.53. The molecule has 2 aromatic rings. The van der Waals surface area contributed by atoms with Crippen LogP contribution in [0.4, 0.5) is 27.8 Å². The van der Waals surface area contributed by atoms with E-state index in [9.17, 15) is 9.59 Å². The Labute approximate surface area is 181 Å². The van der Waals surface area contributed by atoms with Gasteiger partial charge >= 0.3 is 6.16 Å². The summed E-state index contributed by atoms with van der Waals surface area (Å²) in [4.78, 5) is 28.0. The monoisotopic (exact) mass is 428 g/mol. The number of aromatic nitrogens is 1. The van der Waals surface area contributed by atoms with Crippen LogP contribution in [-0.4, -0.2) is 30.2 Å². The molecule has 0 unspecified atom stereocenters. The lowest BCUT2D eigenvalue weighted by atomic mass is 10.0. The summed E-state index contributed by atoms with van der Waals surface area (Å²) < 4.78 is 9.88. The maximum Gasteiger partial charge on any atom is 0.513 e. The van der Waals surface area contributed by atoms with Crippen LogP contribution in [0.2, 0.25) is 0 Å². The number of nitrogen functional groups attached to an aromatic ring is 1. The Morgan fingerprint density at radius 1 is 1.13 bits per heavy atom. The standard InChI is InChI=1S/C21H28N6O4/c1-3-30-21(29)31-17-10-5-4-9-15(17)26-27-16-11-12-18(24-19(16)23)25-20(28)14(2)8-6-7-13-22/h4-5,9-12,14H,3,6-8,13,22H2,1-2H3,(H3,23,24,25,28)/b27-26+/t14-/m0/s1. The van der Waals surface area contributed by atoms with Crippen molar-refractivity contribution in [1.82, 2.24) is 4.98 Å². The van der Waals surface area contributed by atoms with Gasteiger partial charge in [0.25, 0.3) is 0 Å². The number of unbranched alkanes of at least 4 members (excludes halogenated alkanes) is 1. The molecule has 0 radical (unpaired) electrons. The number of para-hydroxylation sites is 1. The van der Waals surface area contributed by atoms with Crippen molar-refractivity contribution >= 4 is 35.1 Å². The number of carbonyl (C=O) groups excluding carboxylic acids is 2. The SMILES string of the molecule is CCOC(=O)Oc1ccccc1/N=N/c1ccc(NC(=O)[C@@H](C)CCCCN)nc1N. The first-order chi connectivity index (χ1) is 14.9. The summed E-state index contributed by atoms with van der Waals surface area (Å²) in [7, 11) is 0. The molecule has 0 bridgehead atoms. The number of carbonyl (C=O) groups is 2. The summed E-state index contributed by atoms with van der Waals surface area (Å²) >= 11 is 0. The van der Waals surface area contributed by atoms with E-state index in [0.29, 0.717) is 23.7 Å². The predicted octanol–water partition coefficient (Wildman–Crippen LogP) is 4.32. The fraction of sp³-hybridized carbons (Fsp3) is 0.381. The Balaban J connectivity index is 2.05. The smallest absolute Gasteiger partial charge is 0.434 e. The van der Waals surface area contributed by atoms with Crippen molar-refractivity contribution in [1.29, 1.82) is 0 Å². The second-order valence-corrected chi connectivity index (χ2v) is 6.73. The first-order valence-corrected chi connectivity index (χ1v) is 10.1. The zero-order valence-corrected chi connectivity index (χ0v) is 17.7. The summed E-state index contributed by atoms with van der Waals surface area (Å²) in [6.45, 7) is 4.34. The molecular formula is C21H28N6O4. The maximum absolute atomic E-state index is 12.3. The topological polar surface area (TPSA) is 154 Å². The molecule has 1 aromatic carbocycles. The number of hydrogen-bond acceptors (Lipinski definition) is 9. The van der Waals surface area contributed by atoms with Gasteiger partial charge in [0.2, 0.25) is 5.91 Å². The Kier molecular flexibility index (Phi) is 9.37. The zero-order chi connectivity index (χ0) is 22.6. The zero-order valence-electron chi connectivity index (χ0n) is 17.7. The van der Waals surface area contributed by atoms with Crippen LogP contribution in [0.1, 0.15) is 33.1 Å². The lowest BCUT2D eigenvalue weighted by Crippen LogP contribution is -2.21. The molecule has 0 fully saturated rings. The number of hydrogen-bond donors (Lipinski definition) is 3. The summed E-state index contributed by atoms with van der Waals surface area (Å²) in [5.74, 6) is 0.330. The van der Waals surface area contributed by atoms with E-state index in [2.05, 4.69) is 20.5 Å². The average molecular weight is 428 g/mol. The average Bonchev–Trinajstić information content (AvgIpc) is 2.74. The van der Waals surface area contributed by atoms with Crippen LogP contribution in [0.15, 0.2) is 46.6 Å². The largest absolute Gasteiger partial charge is 0.513 e. The van der Waals surface area contributed by atoms with Crippen LogP contribution < -0.4 is 21.5 Å². The number of nitrogens with one attached hydrogen (secondary N) is 1. The molecule has 0 aliphatic carbocycles. The van der Waals surface area contributed by atoms with E-state index in [1.165, 1.54) is 0 Å². The number of azo groups is 1. The van der Waals surface area contributed by atoms with Gasteiger partial charge in [-0.15, -0.1) is 10.2 Å². The summed E-state index contributed by atoms with van der Waals surface area (Å²) in [5.41, 5.74) is 12.1. The molecule has 31 heavy (non-hydrogen) atoms. The molecule has 1 amide bonds. The van der Waals surface area contributed by atoms with Crippen molar-refractivity contribution in [3.63, 3.8) is 0 Å². The Bertz CT molecular complexity index is 918. The molecule has 0 spiro atoms. The normalized spacial score (nSPS) is 11.8. The van der Waals surface area contributed by atoms with Crippen LogP contribution in [0, 0.1) is 5.92 Å². The minimum Gasteiger partial charge on any atom is -0.434 e. The van der Waals surface area contributed by atoms with E-state index in [4.69, 9.17) is 20.9 Å². The molecule has 0 aliphatic heterocycles. The van der Waals surface area contributed by atoms with Crippen molar-refractivity contribution in [3.8, 4) is 5.75 Å². The molecule has 0 aliphatic rings. The third kappa shape index (κ3) is 7.67. The fourth-order valence-corrected chi connectivity index (χ4v) is 2.57. The molecule has 10 nitrogen and oxygen atoms in total. The minimum atomic E-state index is -0.830. The highest BCUT2D eigenvalue weighted by Gasteiger charge is 2.14. The van der Waals surface area contributed by atoms with E-state index in [1.807, 2.05) is 6.92 Å². The molecule has 5 N–H and O–H groups in total. The Morgan fingerprint density at radius 3 is 2.58 bits per heavy atom. The van der Waals surface area contributed by atoms with Gasteiger partial charge in [-0.2, -0.15) is 0 Å². The molecule has 1 aromatic heterocycles. The second-order valence-electron chi connectivity index (χ2n) is 6.73. The van der Waals surface area contributed by atoms with E-state index < -0.39 is 6.16 Å². The van der Waals surface area contributed by atoms with Crippen LogP contribution in [0.3, 0.4) is 0 Å². The highest BCUT2D eigenvalue weighted by Crippen LogP contribution is 2.30. The van der Waals surface area contributed by atoms with Crippen LogP contribution >= 0.6 is 0 Å². The molecule has 1 atom stereocenters. The molecule has 0 saturated carbocycles. The number of amides is 1. The van der Waals surface area contributed by atoms with Crippen molar-refractivity contribution in [3.05, 3.63) is 36.4 Å². The number of nitrogens with zero attached hydrogens (tertiary/aromatic N) is 3. The predicted molar refractivity (Wildman–Crippen MR) is 118 cm³/mol. The number of nitrogens with two attached hydrogens (primary N) is 2.